The molecule has 0 N–H and O–H groups in total. The molecule has 0 saturated carbocycles. The third-order valence-corrected chi connectivity index (χ3v) is 2.58. The zero-order valence-electron chi connectivity index (χ0n) is 7.85. The summed E-state index contributed by atoms with van der Waals surface area (Å²) in [7, 11) is -1.90. The van der Waals surface area contributed by atoms with Crippen molar-refractivity contribution in [3.8, 4) is 0 Å². The van der Waals surface area contributed by atoms with Gasteiger partial charge in [0.1, 0.15) is 0 Å². The summed E-state index contributed by atoms with van der Waals surface area (Å²) in [5.41, 5.74) is 0. The summed E-state index contributed by atoms with van der Waals surface area (Å²) in [6.07, 6.45) is 0.0454. The van der Waals surface area contributed by atoms with Crippen LogP contribution in [-0.4, -0.2) is 25.8 Å². The fraction of sp³-hybridized carbons (Fsp3) is 0.571. The zero-order valence-corrected chi connectivity index (χ0v) is 8.74. The van der Waals surface area contributed by atoms with Crippen LogP contribution in [0.15, 0.2) is 12.8 Å². The van der Waals surface area contributed by atoms with Gasteiger partial charge in [-0.25, -0.2) is 4.79 Å². The molecule has 6 heteroatoms. The van der Waals surface area contributed by atoms with Gasteiger partial charge in [-0.2, -0.15) is 0 Å². The van der Waals surface area contributed by atoms with Gasteiger partial charge >= 0.3 is 13.6 Å². The maximum atomic E-state index is 11.2. The molecule has 0 aromatic rings. The van der Waals surface area contributed by atoms with E-state index in [4.69, 9.17) is 4.52 Å². The summed E-state index contributed by atoms with van der Waals surface area (Å²) < 4.78 is 25.0. The molecule has 0 heterocycles. The Morgan fingerprint density at radius 3 is 2.54 bits per heavy atom. The SMILES string of the molecule is C=COC(=O)C(C)OP(C)(=O)OC. The Labute approximate surface area is 77.2 Å². The van der Waals surface area contributed by atoms with Crippen LogP contribution in [-0.2, 0) is 23.1 Å². The van der Waals surface area contributed by atoms with Crippen molar-refractivity contribution in [2.24, 2.45) is 0 Å². The Hall–Kier alpha value is -0.640. The average Bonchev–Trinajstić information content (AvgIpc) is 2.04. The van der Waals surface area contributed by atoms with Crippen molar-refractivity contribution in [1.29, 1.82) is 0 Å². The Kier molecular flexibility index (Phi) is 4.91. The van der Waals surface area contributed by atoms with E-state index >= 15 is 0 Å². The van der Waals surface area contributed by atoms with Crippen LogP contribution >= 0.6 is 7.60 Å². The molecule has 0 aromatic carbocycles. The smallest absolute Gasteiger partial charge is 0.340 e. The molecule has 2 unspecified atom stereocenters. The third-order valence-electron chi connectivity index (χ3n) is 1.21. The summed E-state index contributed by atoms with van der Waals surface area (Å²) >= 11 is 0. The molecule has 13 heavy (non-hydrogen) atoms. The molecule has 0 rings (SSSR count). The molecule has 0 spiro atoms. The maximum Gasteiger partial charge on any atom is 0.340 e. The number of rotatable bonds is 5. The van der Waals surface area contributed by atoms with Crippen LogP contribution in [0.3, 0.4) is 0 Å². The Bertz CT molecular complexity index is 237. The molecule has 0 aliphatic rings. The number of hydrogen-bond acceptors (Lipinski definition) is 5. The molecule has 0 aromatic heterocycles. The van der Waals surface area contributed by atoms with Crippen LogP contribution in [0.4, 0.5) is 0 Å². The first-order valence-electron chi connectivity index (χ1n) is 3.56. The van der Waals surface area contributed by atoms with Crippen LogP contribution in [0.1, 0.15) is 6.92 Å². The van der Waals surface area contributed by atoms with Gasteiger partial charge in [0.15, 0.2) is 6.10 Å². The van der Waals surface area contributed by atoms with E-state index < -0.39 is 19.7 Å². The highest BCUT2D eigenvalue weighted by molar-refractivity contribution is 7.53. The number of carbonyl (C=O) groups excluding carboxylic acids is 1. The molecular weight excluding hydrogens is 195 g/mol. The number of hydrogen-bond donors (Lipinski definition) is 0. The summed E-state index contributed by atoms with van der Waals surface area (Å²) in [5, 5.41) is 0. The lowest BCUT2D eigenvalue weighted by Crippen LogP contribution is -2.20. The maximum absolute atomic E-state index is 11.2. The van der Waals surface area contributed by atoms with E-state index in [1.807, 2.05) is 0 Å². The minimum atomic E-state index is -3.14. The van der Waals surface area contributed by atoms with Gasteiger partial charge in [0.25, 0.3) is 0 Å². The van der Waals surface area contributed by atoms with Crippen LogP contribution < -0.4 is 0 Å². The first kappa shape index (κ1) is 12.4. The van der Waals surface area contributed by atoms with Gasteiger partial charge in [-0.1, -0.05) is 6.58 Å². The molecule has 0 bridgehead atoms. The molecule has 2 atom stereocenters. The van der Waals surface area contributed by atoms with Gasteiger partial charge in [0.05, 0.1) is 6.26 Å². The van der Waals surface area contributed by atoms with Crippen LogP contribution in [0.25, 0.3) is 0 Å². The third kappa shape index (κ3) is 4.83. The van der Waals surface area contributed by atoms with E-state index in [0.29, 0.717) is 0 Å². The van der Waals surface area contributed by atoms with E-state index in [0.717, 1.165) is 6.26 Å². The van der Waals surface area contributed by atoms with E-state index in [2.05, 4.69) is 15.8 Å². The first-order chi connectivity index (χ1) is 5.93. The van der Waals surface area contributed by atoms with Crippen molar-refractivity contribution < 1.29 is 23.1 Å². The van der Waals surface area contributed by atoms with Crippen molar-refractivity contribution in [3.63, 3.8) is 0 Å². The fourth-order valence-corrected chi connectivity index (χ4v) is 1.30. The number of carbonyl (C=O) groups is 1. The normalized spacial score (nSPS) is 17.2. The molecule has 0 aliphatic carbocycles. The Morgan fingerprint density at radius 1 is 1.62 bits per heavy atom. The van der Waals surface area contributed by atoms with Crippen molar-refractivity contribution in [1.82, 2.24) is 0 Å². The van der Waals surface area contributed by atoms with Crippen molar-refractivity contribution in [2.75, 3.05) is 13.8 Å². The van der Waals surface area contributed by atoms with Crippen LogP contribution in [0.2, 0.25) is 0 Å². The largest absolute Gasteiger partial charge is 0.433 e. The van der Waals surface area contributed by atoms with E-state index in [-0.39, 0.29) is 0 Å². The average molecular weight is 208 g/mol. The fourth-order valence-electron chi connectivity index (χ4n) is 0.551. The summed E-state index contributed by atoms with van der Waals surface area (Å²) in [6, 6.07) is 0. The molecule has 0 saturated heterocycles. The van der Waals surface area contributed by atoms with Gasteiger partial charge in [-0.05, 0) is 6.92 Å². The van der Waals surface area contributed by atoms with Gasteiger partial charge in [0.2, 0.25) is 0 Å². The predicted molar refractivity (Wildman–Crippen MR) is 47.4 cm³/mol. The second-order valence-corrected chi connectivity index (χ2v) is 4.42. The van der Waals surface area contributed by atoms with Crippen molar-refractivity contribution in [3.05, 3.63) is 12.8 Å². The van der Waals surface area contributed by atoms with E-state index in [1.54, 1.807) is 0 Å². The van der Waals surface area contributed by atoms with Gasteiger partial charge in [-0.15, -0.1) is 0 Å². The molecule has 0 aliphatic heterocycles. The lowest BCUT2D eigenvalue weighted by Gasteiger charge is -2.15. The van der Waals surface area contributed by atoms with Gasteiger partial charge < -0.3 is 9.26 Å². The minimum absolute atomic E-state index is 0.658. The Balaban J connectivity index is 4.14. The summed E-state index contributed by atoms with van der Waals surface area (Å²) in [4.78, 5) is 10.9. The lowest BCUT2D eigenvalue weighted by molar-refractivity contribution is -0.145. The van der Waals surface area contributed by atoms with Crippen LogP contribution in [0, 0.1) is 0 Å². The second-order valence-electron chi connectivity index (χ2n) is 2.31. The lowest BCUT2D eigenvalue weighted by atomic mass is 10.4. The summed E-state index contributed by atoms with van der Waals surface area (Å²) in [6.45, 7) is 5.89. The predicted octanol–water partition coefficient (Wildman–Crippen LogP) is 1.55. The van der Waals surface area contributed by atoms with Gasteiger partial charge in [-0.3, -0.25) is 9.09 Å². The quantitative estimate of drug-likeness (QED) is 0.389. The summed E-state index contributed by atoms with van der Waals surface area (Å²) in [5.74, 6) is -0.658. The molecule has 0 fully saturated rings. The van der Waals surface area contributed by atoms with Crippen LogP contribution in [0.5, 0.6) is 0 Å². The first-order valence-corrected chi connectivity index (χ1v) is 5.55. The second kappa shape index (κ2) is 5.17. The molecule has 5 nitrogen and oxygen atoms in total. The topological polar surface area (TPSA) is 61.8 Å². The molecule has 0 radical (unpaired) electrons. The standard InChI is InChI=1S/C7H13O5P/c1-5-11-7(8)6(2)12-13(4,9)10-3/h5-6H,1H2,2-4H3. The highest BCUT2D eigenvalue weighted by Gasteiger charge is 2.24. The molecular formula is C7H13O5P. The number of esters is 1. The van der Waals surface area contributed by atoms with Crippen molar-refractivity contribution in [2.45, 2.75) is 13.0 Å². The minimum Gasteiger partial charge on any atom is -0.433 e. The Morgan fingerprint density at radius 2 is 2.15 bits per heavy atom. The monoisotopic (exact) mass is 208 g/mol. The van der Waals surface area contributed by atoms with E-state index in [1.165, 1.54) is 20.7 Å². The van der Waals surface area contributed by atoms with Crippen molar-refractivity contribution >= 4 is 13.6 Å². The highest BCUT2D eigenvalue weighted by Crippen LogP contribution is 2.43. The molecule has 0 amide bonds. The highest BCUT2D eigenvalue weighted by atomic mass is 31.2. The number of ether oxygens (including phenoxy) is 1. The zero-order chi connectivity index (χ0) is 10.5. The van der Waals surface area contributed by atoms with Gasteiger partial charge in [0, 0.05) is 13.8 Å². The van der Waals surface area contributed by atoms with E-state index in [9.17, 15) is 9.36 Å². The molecule has 76 valence electrons.